The normalized spacial score (nSPS) is 12.5. The van der Waals surface area contributed by atoms with Crippen LogP contribution in [-0.2, 0) is 30.8 Å². The first-order valence-electron chi connectivity index (χ1n) is 10.9. The lowest BCUT2D eigenvalue weighted by atomic mass is 10.1. The number of hydrogen-bond donors (Lipinski definition) is 0. The van der Waals surface area contributed by atoms with Crippen LogP contribution in [-0.4, -0.2) is 47.0 Å². The van der Waals surface area contributed by atoms with Crippen LogP contribution in [0.1, 0.15) is 12.8 Å². The van der Waals surface area contributed by atoms with Crippen LogP contribution in [0, 0.1) is 0 Å². The van der Waals surface area contributed by atoms with Crippen molar-refractivity contribution in [1.82, 2.24) is 0 Å². The van der Waals surface area contributed by atoms with Crippen molar-refractivity contribution in [2.24, 2.45) is 0 Å². The van der Waals surface area contributed by atoms with Crippen molar-refractivity contribution < 1.29 is 60.8 Å². The number of allylic oxidation sites excluding steroid dienone is 2. The third-order valence-corrected chi connectivity index (χ3v) is 10.3. The number of nitrogens with zero attached hydrogens (tertiary/aromatic N) is 2. The summed E-state index contributed by atoms with van der Waals surface area (Å²) in [6.07, 6.45) is 14.3. The molecule has 0 bridgehead atoms. The Morgan fingerprint density at radius 1 is 0.676 bits per heavy atom. The number of aryl methyl sites for hydroxylation is 2. The summed E-state index contributed by atoms with van der Waals surface area (Å²) < 4.78 is 26.4. The number of halogens is 2. The molecule has 190 valence electrons. The lowest BCUT2D eigenvalue weighted by Gasteiger charge is -2.18. The molecule has 2 aromatic heterocycles. The fourth-order valence-electron chi connectivity index (χ4n) is 3.82. The molecular formula is C24H38Br2N2O4Si2. The Bertz CT molecular complexity index is 751. The summed E-state index contributed by atoms with van der Waals surface area (Å²) in [5.41, 5.74) is 2.97. The highest BCUT2D eigenvalue weighted by Crippen LogP contribution is 2.20. The molecule has 2 rings (SSSR count). The lowest BCUT2D eigenvalue weighted by Crippen LogP contribution is -3.00. The Balaban J connectivity index is 0.00000544. The van der Waals surface area contributed by atoms with E-state index < -0.39 is 18.6 Å². The van der Waals surface area contributed by atoms with Gasteiger partial charge in [0.1, 0.15) is 13.1 Å². The standard InChI is InChI=1S/C24H38N2O4Si2.2BrH/c1-7-23(31(27-3)28-4)13-19-25-15-9-21(10-16-25)22-11-17-26(18-12-22)20-14-24(8-2)32(29-5)30-6;;/h7-12,15-18,23-24,31-32H,1-2,13-14,19-20H2,3-6H3;2*1H/q+2;;/p-2. The smallest absolute Gasteiger partial charge is 0.328 e. The van der Waals surface area contributed by atoms with Gasteiger partial charge in [0.25, 0.3) is 0 Å². The summed E-state index contributed by atoms with van der Waals surface area (Å²) in [4.78, 5) is 0. The monoisotopic (exact) mass is 632 g/mol. The molecule has 6 nitrogen and oxygen atoms in total. The lowest BCUT2D eigenvalue weighted by molar-refractivity contribution is -0.697. The number of hydrogen-bond acceptors (Lipinski definition) is 4. The maximum absolute atomic E-state index is 5.51. The van der Waals surface area contributed by atoms with E-state index in [1.165, 1.54) is 11.1 Å². The molecule has 2 aromatic rings. The Morgan fingerprint density at radius 2 is 0.971 bits per heavy atom. The summed E-state index contributed by atoms with van der Waals surface area (Å²) in [5.74, 6) is 0. The molecule has 0 aliphatic carbocycles. The fraction of sp³-hybridized carbons (Fsp3) is 0.417. The molecule has 0 saturated heterocycles. The summed E-state index contributed by atoms with van der Waals surface area (Å²) in [6.45, 7) is 9.69. The summed E-state index contributed by atoms with van der Waals surface area (Å²) in [7, 11) is 3.50. The van der Waals surface area contributed by atoms with Crippen LogP contribution in [0.2, 0.25) is 11.1 Å². The van der Waals surface area contributed by atoms with Gasteiger partial charge in [0, 0.05) is 76.6 Å². The highest BCUT2D eigenvalue weighted by atomic mass is 79.9. The topological polar surface area (TPSA) is 44.7 Å². The molecule has 0 N–H and O–H groups in total. The maximum Gasteiger partial charge on any atom is 0.328 e. The molecule has 2 atom stereocenters. The van der Waals surface area contributed by atoms with Crippen LogP contribution in [0.3, 0.4) is 0 Å². The zero-order chi connectivity index (χ0) is 23.3. The minimum Gasteiger partial charge on any atom is -1.00 e. The quantitative estimate of drug-likeness (QED) is 0.118. The third kappa shape index (κ3) is 9.94. The van der Waals surface area contributed by atoms with Gasteiger partial charge >= 0.3 is 18.6 Å². The van der Waals surface area contributed by atoms with Crippen molar-refractivity contribution in [3.05, 3.63) is 74.4 Å². The first-order valence-corrected chi connectivity index (χ1v) is 14.2. The van der Waals surface area contributed by atoms with Gasteiger partial charge in [-0.3, -0.25) is 0 Å². The van der Waals surface area contributed by atoms with Crippen molar-refractivity contribution in [1.29, 1.82) is 0 Å². The molecule has 2 unspecified atom stereocenters. The summed E-state index contributed by atoms with van der Waals surface area (Å²) >= 11 is 0. The van der Waals surface area contributed by atoms with Gasteiger partial charge in [-0.05, 0) is 11.1 Å². The van der Waals surface area contributed by atoms with E-state index in [9.17, 15) is 0 Å². The maximum atomic E-state index is 5.51. The number of aromatic nitrogens is 2. The van der Waals surface area contributed by atoms with Gasteiger partial charge in [-0.1, -0.05) is 12.2 Å². The van der Waals surface area contributed by atoms with Crippen LogP contribution in [0.5, 0.6) is 0 Å². The predicted molar refractivity (Wildman–Crippen MR) is 132 cm³/mol. The first kappa shape index (κ1) is 33.0. The Morgan fingerprint density at radius 3 is 1.21 bits per heavy atom. The number of rotatable bonds is 15. The average molecular weight is 635 g/mol. The van der Waals surface area contributed by atoms with Crippen molar-refractivity contribution in [3.63, 3.8) is 0 Å². The van der Waals surface area contributed by atoms with Crippen molar-refractivity contribution >= 4 is 18.6 Å². The summed E-state index contributed by atoms with van der Waals surface area (Å²) in [5, 5.41) is 0. The Labute approximate surface area is 229 Å². The Hall–Kier alpha value is -0.986. The van der Waals surface area contributed by atoms with Crippen molar-refractivity contribution in [3.8, 4) is 11.1 Å². The molecule has 2 heterocycles. The van der Waals surface area contributed by atoms with Crippen LogP contribution in [0.25, 0.3) is 11.1 Å². The highest BCUT2D eigenvalue weighted by Gasteiger charge is 2.23. The highest BCUT2D eigenvalue weighted by molar-refractivity contribution is 6.47. The largest absolute Gasteiger partial charge is 1.00 e. The number of pyridine rings is 2. The van der Waals surface area contributed by atoms with E-state index in [1.807, 2.05) is 12.2 Å². The molecule has 34 heavy (non-hydrogen) atoms. The van der Waals surface area contributed by atoms with Gasteiger partial charge < -0.3 is 51.7 Å². The molecule has 10 heteroatoms. The van der Waals surface area contributed by atoms with Crippen LogP contribution in [0.4, 0.5) is 0 Å². The van der Waals surface area contributed by atoms with Crippen LogP contribution in [0.15, 0.2) is 74.4 Å². The van der Waals surface area contributed by atoms with E-state index in [-0.39, 0.29) is 45.0 Å². The van der Waals surface area contributed by atoms with Gasteiger partial charge in [-0.2, -0.15) is 0 Å². The van der Waals surface area contributed by atoms with Gasteiger partial charge in [0.05, 0.1) is 0 Å². The Kier molecular flexibility index (Phi) is 17.8. The fourth-order valence-corrected chi connectivity index (χ4v) is 6.89. The molecule has 0 aromatic carbocycles. The van der Waals surface area contributed by atoms with E-state index in [0.29, 0.717) is 0 Å². The third-order valence-electron chi connectivity index (χ3n) is 5.79. The second-order valence-corrected chi connectivity index (χ2v) is 12.8. The van der Waals surface area contributed by atoms with E-state index in [2.05, 4.69) is 71.3 Å². The zero-order valence-electron chi connectivity index (χ0n) is 20.6. The van der Waals surface area contributed by atoms with E-state index in [1.54, 1.807) is 28.4 Å². The molecule has 0 saturated carbocycles. The predicted octanol–water partition coefficient (Wildman–Crippen LogP) is -3.14. The van der Waals surface area contributed by atoms with Gasteiger partial charge in [-0.25, -0.2) is 9.13 Å². The van der Waals surface area contributed by atoms with Crippen LogP contribution < -0.4 is 43.1 Å². The molecule has 0 spiro atoms. The van der Waals surface area contributed by atoms with E-state index in [0.717, 1.165) is 25.9 Å². The molecule has 0 radical (unpaired) electrons. The second kappa shape index (κ2) is 18.3. The SMILES string of the molecule is C=CC(CC[n+]1ccc(-c2cc[n+](CCC(C=C)[SiH](OC)OC)cc2)cc1)[SiH](OC)OC.[Br-].[Br-]. The van der Waals surface area contributed by atoms with Gasteiger partial charge in [0.15, 0.2) is 24.8 Å². The van der Waals surface area contributed by atoms with Gasteiger partial charge in [0.2, 0.25) is 0 Å². The zero-order valence-corrected chi connectivity index (χ0v) is 26.1. The van der Waals surface area contributed by atoms with Crippen molar-refractivity contribution in [2.45, 2.75) is 37.0 Å². The summed E-state index contributed by atoms with van der Waals surface area (Å²) in [6, 6.07) is 8.63. The first-order chi connectivity index (χ1) is 15.6. The minimum absolute atomic E-state index is 0. The molecule has 0 aliphatic rings. The molecule has 0 amide bonds. The van der Waals surface area contributed by atoms with Gasteiger partial charge in [-0.15, -0.1) is 13.2 Å². The second-order valence-electron chi connectivity index (χ2n) is 7.71. The van der Waals surface area contributed by atoms with Crippen LogP contribution >= 0.6 is 0 Å². The molecule has 0 fully saturated rings. The van der Waals surface area contributed by atoms with E-state index in [4.69, 9.17) is 17.7 Å². The minimum atomic E-state index is -1.69. The van der Waals surface area contributed by atoms with Crippen molar-refractivity contribution in [2.75, 3.05) is 28.4 Å². The average Bonchev–Trinajstić information content (AvgIpc) is 2.85. The molecule has 0 aliphatic heterocycles. The van der Waals surface area contributed by atoms with E-state index >= 15 is 0 Å². The molecular weight excluding hydrogens is 596 g/mol.